The summed E-state index contributed by atoms with van der Waals surface area (Å²) < 4.78 is 0. The van der Waals surface area contributed by atoms with E-state index in [9.17, 15) is 34.1 Å². The van der Waals surface area contributed by atoms with Crippen LogP contribution in [0.2, 0.25) is 0 Å². The summed E-state index contributed by atoms with van der Waals surface area (Å²) in [7, 11) is 0. The summed E-state index contributed by atoms with van der Waals surface area (Å²) in [5, 5.41) is 29.2. The van der Waals surface area contributed by atoms with Crippen molar-refractivity contribution >= 4 is 41.0 Å². The number of anilines is 1. The van der Waals surface area contributed by atoms with E-state index in [-0.39, 0.29) is 24.4 Å². The number of hydrogen-bond donors (Lipinski definition) is 5. The van der Waals surface area contributed by atoms with Gasteiger partial charge in [0.15, 0.2) is 0 Å². The number of benzene rings is 1. The van der Waals surface area contributed by atoms with E-state index in [4.69, 9.17) is 5.11 Å². The van der Waals surface area contributed by atoms with Gasteiger partial charge in [-0.25, -0.2) is 0 Å². The van der Waals surface area contributed by atoms with Crippen LogP contribution in [0.15, 0.2) is 24.3 Å². The molecule has 0 aliphatic carbocycles. The predicted molar refractivity (Wildman–Crippen MR) is 121 cm³/mol. The van der Waals surface area contributed by atoms with Gasteiger partial charge in [-0.1, -0.05) is 13.8 Å². The first-order chi connectivity index (χ1) is 15.8. The van der Waals surface area contributed by atoms with Crippen LogP contribution in [-0.4, -0.2) is 57.8 Å². The fourth-order valence-corrected chi connectivity index (χ4v) is 2.70. The minimum Gasteiger partial charge on any atom is -0.481 e. The molecule has 0 heterocycles. The van der Waals surface area contributed by atoms with Crippen molar-refractivity contribution in [3.05, 3.63) is 34.4 Å². The van der Waals surface area contributed by atoms with Crippen LogP contribution in [0.3, 0.4) is 0 Å². The highest BCUT2D eigenvalue weighted by Crippen LogP contribution is 2.16. The van der Waals surface area contributed by atoms with Gasteiger partial charge in [0.05, 0.1) is 11.3 Å². The second kappa shape index (κ2) is 12.9. The summed E-state index contributed by atoms with van der Waals surface area (Å²) in [6, 6.07) is 2.18. The fourth-order valence-electron chi connectivity index (χ4n) is 2.70. The number of non-ortho nitro benzene ring substituents is 1. The Bertz CT molecular complexity index is 932. The highest BCUT2D eigenvalue weighted by atomic mass is 16.6. The number of rotatable bonds is 12. The van der Waals surface area contributed by atoms with Crippen LogP contribution in [0.1, 0.15) is 40.5 Å². The van der Waals surface area contributed by atoms with Crippen molar-refractivity contribution in [2.45, 2.75) is 58.7 Å². The summed E-state index contributed by atoms with van der Waals surface area (Å²) in [5.74, 6) is -3.94. The first kappa shape index (κ1) is 28.0. The van der Waals surface area contributed by atoms with Crippen molar-refractivity contribution in [1.29, 1.82) is 0 Å². The lowest BCUT2D eigenvalue weighted by Crippen LogP contribution is -2.55. The number of nitro groups is 1. The van der Waals surface area contributed by atoms with E-state index in [1.165, 1.54) is 38.1 Å². The first-order valence-corrected chi connectivity index (χ1v) is 10.5. The number of carboxylic acids is 1. The van der Waals surface area contributed by atoms with Gasteiger partial charge in [0.2, 0.25) is 23.6 Å². The van der Waals surface area contributed by atoms with E-state index < -0.39 is 52.6 Å². The Hall–Kier alpha value is -4.03. The first-order valence-electron chi connectivity index (χ1n) is 10.5. The molecule has 0 saturated carbocycles. The van der Waals surface area contributed by atoms with Crippen LogP contribution in [0, 0.1) is 16.0 Å². The van der Waals surface area contributed by atoms with E-state index in [1.807, 2.05) is 0 Å². The summed E-state index contributed by atoms with van der Waals surface area (Å²) in [4.78, 5) is 69.8. The maximum Gasteiger partial charge on any atom is 0.303 e. The lowest BCUT2D eigenvalue weighted by Gasteiger charge is -2.24. The number of nitro benzene ring substituents is 1. The maximum atomic E-state index is 12.7. The molecule has 34 heavy (non-hydrogen) atoms. The Morgan fingerprint density at radius 1 is 0.853 bits per heavy atom. The topological polar surface area (TPSA) is 197 Å². The number of carboxylic acid groups (broad SMARTS) is 1. The van der Waals surface area contributed by atoms with E-state index in [2.05, 4.69) is 21.3 Å². The molecule has 0 unspecified atom stereocenters. The smallest absolute Gasteiger partial charge is 0.303 e. The van der Waals surface area contributed by atoms with Gasteiger partial charge in [0, 0.05) is 24.2 Å². The van der Waals surface area contributed by atoms with E-state index in [0.717, 1.165) is 0 Å². The molecule has 3 atom stereocenters. The van der Waals surface area contributed by atoms with Crippen molar-refractivity contribution in [2.75, 3.05) is 5.32 Å². The third-order valence-electron chi connectivity index (χ3n) is 4.68. The van der Waals surface area contributed by atoms with Gasteiger partial charge in [-0.2, -0.15) is 0 Å². The summed E-state index contributed by atoms with van der Waals surface area (Å²) in [6.45, 7) is 6.20. The molecule has 1 rings (SSSR count). The largest absolute Gasteiger partial charge is 0.481 e. The molecule has 0 aliphatic rings. The molecule has 0 bridgehead atoms. The van der Waals surface area contributed by atoms with Crippen LogP contribution in [0.5, 0.6) is 0 Å². The highest BCUT2D eigenvalue weighted by Gasteiger charge is 2.28. The van der Waals surface area contributed by atoms with Gasteiger partial charge >= 0.3 is 5.97 Å². The number of hydrogen-bond acceptors (Lipinski definition) is 7. The molecule has 0 fully saturated rings. The predicted octanol–water partition coefficient (Wildman–Crippen LogP) is 0.548. The monoisotopic (exact) mass is 479 g/mol. The van der Waals surface area contributed by atoms with Crippen molar-refractivity contribution in [1.82, 2.24) is 16.0 Å². The van der Waals surface area contributed by atoms with Gasteiger partial charge in [0.25, 0.3) is 5.69 Å². The lowest BCUT2D eigenvalue weighted by atomic mass is 10.0. The highest BCUT2D eigenvalue weighted by molar-refractivity contribution is 5.99. The zero-order valence-corrected chi connectivity index (χ0v) is 19.3. The lowest BCUT2D eigenvalue weighted by molar-refractivity contribution is -0.384. The molecule has 0 aromatic heterocycles. The molecule has 5 N–H and O–H groups in total. The molecule has 4 amide bonds. The molecule has 0 aliphatic heterocycles. The number of carbonyl (C=O) groups excluding carboxylic acids is 4. The SMILES string of the molecule is CC(C)[C@@H](NC(=O)[C@@H](C)NC(=O)[C@H](C)NC(=O)CCC(=O)O)C(=O)Nc1ccc([N+](=O)[O-])cc1. The van der Waals surface area contributed by atoms with Gasteiger partial charge in [-0.15, -0.1) is 0 Å². The van der Waals surface area contributed by atoms with Crippen LogP contribution in [0.4, 0.5) is 11.4 Å². The minimum atomic E-state index is -1.14. The summed E-state index contributed by atoms with van der Waals surface area (Å²) in [6.07, 6.45) is -0.666. The quantitative estimate of drug-likeness (QED) is 0.211. The van der Waals surface area contributed by atoms with Gasteiger partial charge in [0.1, 0.15) is 18.1 Å². The van der Waals surface area contributed by atoms with E-state index in [0.29, 0.717) is 5.69 Å². The Morgan fingerprint density at radius 2 is 1.38 bits per heavy atom. The van der Waals surface area contributed by atoms with E-state index >= 15 is 0 Å². The zero-order valence-electron chi connectivity index (χ0n) is 19.3. The molecular weight excluding hydrogens is 450 g/mol. The number of aliphatic carboxylic acids is 1. The normalized spacial score (nSPS) is 13.2. The third kappa shape index (κ3) is 9.22. The van der Waals surface area contributed by atoms with Crippen molar-refractivity contribution in [3.63, 3.8) is 0 Å². The van der Waals surface area contributed by atoms with Crippen LogP contribution in [-0.2, 0) is 24.0 Å². The Balaban J connectivity index is 2.67. The summed E-state index contributed by atoms with van der Waals surface area (Å²) >= 11 is 0. The molecule has 13 heteroatoms. The number of nitrogens with one attached hydrogen (secondary N) is 4. The molecule has 0 spiro atoms. The second-order valence-corrected chi connectivity index (χ2v) is 7.94. The van der Waals surface area contributed by atoms with Gasteiger partial charge in [-0.3, -0.25) is 34.1 Å². The van der Waals surface area contributed by atoms with Crippen molar-refractivity contribution in [2.24, 2.45) is 5.92 Å². The van der Waals surface area contributed by atoms with E-state index in [1.54, 1.807) is 13.8 Å². The number of nitrogens with zero attached hydrogens (tertiary/aromatic N) is 1. The summed E-state index contributed by atoms with van der Waals surface area (Å²) in [5.41, 5.74) is 0.174. The third-order valence-corrected chi connectivity index (χ3v) is 4.68. The standard InChI is InChI=1S/C21H29N5O8/c1-11(2)18(21(32)24-14-5-7-15(8-6-14)26(33)34)25-20(31)13(4)23-19(30)12(3)22-16(27)9-10-17(28)29/h5-8,11-13,18H,9-10H2,1-4H3,(H,22,27)(H,23,30)(H,24,32)(H,25,31)(H,28,29)/t12-,13+,18+/m0/s1. The zero-order chi connectivity index (χ0) is 26.0. The molecule has 13 nitrogen and oxygen atoms in total. The molecule has 186 valence electrons. The minimum absolute atomic E-state index is 0.136. The van der Waals surface area contributed by atoms with Crippen molar-refractivity contribution in [3.8, 4) is 0 Å². The van der Waals surface area contributed by atoms with Crippen LogP contribution >= 0.6 is 0 Å². The maximum absolute atomic E-state index is 12.7. The van der Waals surface area contributed by atoms with Crippen LogP contribution < -0.4 is 21.3 Å². The Labute approximate surface area is 195 Å². The average Bonchev–Trinajstić information content (AvgIpc) is 2.75. The molecule has 1 aromatic rings. The number of amides is 4. The van der Waals surface area contributed by atoms with Crippen LogP contribution in [0.25, 0.3) is 0 Å². The Morgan fingerprint density at radius 3 is 1.88 bits per heavy atom. The average molecular weight is 479 g/mol. The van der Waals surface area contributed by atoms with Gasteiger partial charge in [-0.05, 0) is 31.9 Å². The molecule has 0 radical (unpaired) electrons. The van der Waals surface area contributed by atoms with Crippen molar-refractivity contribution < 1.29 is 34.0 Å². The second-order valence-electron chi connectivity index (χ2n) is 7.94. The molecule has 1 aromatic carbocycles. The fraction of sp³-hybridized carbons (Fsp3) is 0.476. The number of carbonyl (C=O) groups is 5. The van der Waals surface area contributed by atoms with Gasteiger partial charge < -0.3 is 26.4 Å². The molecule has 0 saturated heterocycles. The Kier molecular flexibility index (Phi) is 10.6. The molecular formula is C21H29N5O8.